The highest BCUT2D eigenvalue weighted by atomic mass is 19.1. The van der Waals surface area contributed by atoms with Gasteiger partial charge in [-0.1, -0.05) is 12.1 Å². The van der Waals surface area contributed by atoms with Crippen molar-refractivity contribution < 1.29 is 9.18 Å². The number of carbonyl (C=O) groups excluding carboxylic acids is 1. The van der Waals surface area contributed by atoms with Crippen molar-refractivity contribution in [3.63, 3.8) is 0 Å². The van der Waals surface area contributed by atoms with Crippen LogP contribution in [-0.2, 0) is 11.3 Å². The smallest absolute Gasteiger partial charge is 0.244 e. The first-order valence-corrected chi connectivity index (χ1v) is 8.72. The zero-order valence-corrected chi connectivity index (χ0v) is 14.8. The Bertz CT molecular complexity index is 676. The van der Waals surface area contributed by atoms with Crippen molar-refractivity contribution in [1.29, 1.82) is 0 Å². The lowest BCUT2D eigenvalue weighted by molar-refractivity contribution is -0.137. The fourth-order valence-corrected chi connectivity index (χ4v) is 3.49. The van der Waals surface area contributed by atoms with E-state index in [-0.39, 0.29) is 17.8 Å². The molecule has 0 bridgehead atoms. The lowest BCUT2D eigenvalue weighted by Gasteiger charge is -2.36. The molecule has 0 unspecified atom stereocenters. The highest BCUT2D eigenvalue weighted by Crippen LogP contribution is 2.25. The first-order valence-electron chi connectivity index (χ1n) is 8.72. The number of halogens is 1. The Morgan fingerprint density at radius 3 is 2.52 bits per heavy atom. The molecule has 0 aliphatic carbocycles. The maximum Gasteiger partial charge on any atom is 0.244 e. The number of carbonyl (C=O) groups is 1. The van der Waals surface area contributed by atoms with E-state index in [9.17, 15) is 9.18 Å². The van der Waals surface area contributed by atoms with Crippen LogP contribution < -0.4 is 0 Å². The van der Waals surface area contributed by atoms with E-state index in [1.54, 1.807) is 18.3 Å². The minimum absolute atomic E-state index is 0.0918. The molecule has 1 atom stereocenters. The van der Waals surface area contributed by atoms with Gasteiger partial charge in [0.15, 0.2) is 0 Å². The molecule has 5 nitrogen and oxygen atoms in total. The van der Waals surface area contributed by atoms with Crippen LogP contribution in [0.4, 0.5) is 4.39 Å². The van der Waals surface area contributed by atoms with Crippen LogP contribution in [0.1, 0.15) is 24.4 Å². The van der Waals surface area contributed by atoms with Gasteiger partial charge in [-0.2, -0.15) is 5.10 Å². The van der Waals surface area contributed by atoms with Crippen LogP contribution in [0.2, 0.25) is 0 Å². The number of hydrogen-bond donors (Lipinski definition) is 0. The molecule has 2 heterocycles. The van der Waals surface area contributed by atoms with Crippen molar-refractivity contribution >= 4 is 5.91 Å². The molecule has 134 valence electrons. The van der Waals surface area contributed by atoms with Crippen LogP contribution in [0.3, 0.4) is 0 Å². The van der Waals surface area contributed by atoms with E-state index in [0.717, 1.165) is 38.0 Å². The van der Waals surface area contributed by atoms with Gasteiger partial charge >= 0.3 is 0 Å². The molecule has 0 radical (unpaired) electrons. The molecule has 3 rings (SSSR count). The van der Waals surface area contributed by atoms with Gasteiger partial charge in [0.25, 0.3) is 0 Å². The van der Waals surface area contributed by atoms with Gasteiger partial charge in [0.05, 0.1) is 0 Å². The molecule has 2 aromatic rings. The highest BCUT2D eigenvalue weighted by molar-refractivity contribution is 5.83. The van der Waals surface area contributed by atoms with Gasteiger partial charge in [-0.3, -0.25) is 14.4 Å². The summed E-state index contributed by atoms with van der Waals surface area (Å²) in [5.41, 5.74) is 0.829. The Morgan fingerprint density at radius 1 is 1.28 bits per heavy atom. The molecule has 1 saturated heterocycles. The quantitative estimate of drug-likeness (QED) is 0.837. The van der Waals surface area contributed by atoms with Crippen molar-refractivity contribution in [2.45, 2.75) is 25.4 Å². The summed E-state index contributed by atoms with van der Waals surface area (Å²) in [7, 11) is 3.77. The molecule has 25 heavy (non-hydrogen) atoms. The summed E-state index contributed by atoms with van der Waals surface area (Å²) < 4.78 is 15.2. The average molecular weight is 344 g/mol. The number of piperidine rings is 1. The third-order valence-corrected chi connectivity index (χ3v) is 4.87. The number of rotatable bonds is 5. The molecular formula is C19H25FN4O. The van der Waals surface area contributed by atoms with Crippen LogP contribution in [0.25, 0.3) is 0 Å². The second-order valence-corrected chi connectivity index (χ2v) is 6.91. The first-order chi connectivity index (χ1) is 12.0. The molecule has 6 heteroatoms. The topological polar surface area (TPSA) is 41.4 Å². The predicted molar refractivity (Wildman–Crippen MR) is 94.4 cm³/mol. The van der Waals surface area contributed by atoms with Crippen LogP contribution in [-0.4, -0.2) is 52.7 Å². The minimum Gasteiger partial charge on any atom is -0.341 e. The Labute approximate surface area is 148 Å². The molecule has 1 fully saturated rings. The second kappa shape index (κ2) is 7.78. The number of likely N-dealkylation sites (N-methyl/N-ethyl adjacent to an activating group) is 1. The highest BCUT2D eigenvalue weighted by Gasteiger charge is 2.30. The van der Waals surface area contributed by atoms with E-state index in [4.69, 9.17) is 0 Å². The molecule has 1 aromatic heterocycles. The van der Waals surface area contributed by atoms with E-state index in [0.29, 0.717) is 5.92 Å². The average Bonchev–Trinajstić information content (AvgIpc) is 3.10. The van der Waals surface area contributed by atoms with Crippen LogP contribution in [0, 0.1) is 11.7 Å². The van der Waals surface area contributed by atoms with Gasteiger partial charge in [0.1, 0.15) is 11.9 Å². The van der Waals surface area contributed by atoms with Crippen LogP contribution in [0.15, 0.2) is 42.7 Å². The van der Waals surface area contributed by atoms with Crippen LogP contribution in [0.5, 0.6) is 0 Å². The molecule has 0 saturated carbocycles. The Morgan fingerprint density at radius 2 is 1.96 bits per heavy atom. The lowest BCUT2D eigenvalue weighted by Crippen LogP contribution is -2.45. The fraction of sp³-hybridized carbons (Fsp3) is 0.474. The number of amides is 1. The Kier molecular flexibility index (Phi) is 5.48. The van der Waals surface area contributed by atoms with E-state index < -0.39 is 0 Å². The standard InChI is InChI=1S/C19H25FN4O/c1-22(2)18(16-4-6-17(20)7-5-16)19(25)23-12-8-15(9-13-23)14-24-11-3-10-21-24/h3-7,10-11,15,18H,8-9,12-14H2,1-2H3/t18-/m0/s1. The summed E-state index contributed by atoms with van der Waals surface area (Å²) >= 11 is 0. The van der Waals surface area contributed by atoms with Crippen molar-refractivity contribution in [2.75, 3.05) is 27.2 Å². The summed E-state index contributed by atoms with van der Waals surface area (Å²) in [6.07, 6.45) is 5.74. The number of nitrogens with zero attached hydrogens (tertiary/aromatic N) is 4. The van der Waals surface area contributed by atoms with Gasteiger partial charge < -0.3 is 4.90 Å². The van der Waals surface area contributed by atoms with Crippen molar-refractivity contribution in [2.24, 2.45) is 5.92 Å². The maximum atomic E-state index is 13.2. The molecule has 1 amide bonds. The molecule has 0 N–H and O–H groups in total. The zero-order valence-electron chi connectivity index (χ0n) is 14.8. The second-order valence-electron chi connectivity index (χ2n) is 6.91. The zero-order chi connectivity index (χ0) is 17.8. The third kappa shape index (κ3) is 4.25. The summed E-state index contributed by atoms with van der Waals surface area (Å²) in [6.45, 7) is 2.43. The lowest BCUT2D eigenvalue weighted by atomic mass is 9.95. The molecule has 1 aliphatic heterocycles. The maximum absolute atomic E-state index is 13.2. The fourth-order valence-electron chi connectivity index (χ4n) is 3.49. The van der Waals surface area contributed by atoms with E-state index in [2.05, 4.69) is 5.10 Å². The van der Waals surface area contributed by atoms with Crippen LogP contribution >= 0.6 is 0 Å². The van der Waals surface area contributed by atoms with Crippen molar-refractivity contribution in [1.82, 2.24) is 19.6 Å². The minimum atomic E-state index is -0.372. The van der Waals surface area contributed by atoms with E-state index in [1.165, 1.54) is 12.1 Å². The summed E-state index contributed by atoms with van der Waals surface area (Å²) in [5.74, 6) is 0.356. The predicted octanol–water partition coefficient (Wildman–Crippen LogP) is 2.56. The van der Waals surface area contributed by atoms with Gasteiger partial charge in [-0.15, -0.1) is 0 Å². The Hall–Kier alpha value is -2.21. The number of hydrogen-bond acceptors (Lipinski definition) is 3. The number of benzene rings is 1. The molecule has 1 aromatic carbocycles. The van der Waals surface area contributed by atoms with E-state index >= 15 is 0 Å². The van der Waals surface area contributed by atoms with E-state index in [1.807, 2.05) is 40.8 Å². The largest absolute Gasteiger partial charge is 0.341 e. The normalized spacial score (nSPS) is 17.0. The third-order valence-electron chi connectivity index (χ3n) is 4.87. The molecular weight excluding hydrogens is 319 g/mol. The summed E-state index contributed by atoms with van der Waals surface area (Å²) in [6, 6.07) is 7.78. The summed E-state index contributed by atoms with van der Waals surface area (Å²) in [4.78, 5) is 16.9. The van der Waals surface area contributed by atoms with Gasteiger partial charge in [-0.05, 0) is 56.6 Å². The first kappa shape index (κ1) is 17.6. The molecule has 1 aliphatic rings. The molecule has 0 spiro atoms. The Balaban J connectivity index is 1.62. The number of aromatic nitrogens is 2. The monoisotopic (exact) mass is 344 g/mol. The van der Waals surface area contributed by atoms with Crippen molar-refractivity contribution in [3.05, 3.63) is 54.1 Å². The van der Waals surface area contributed by atoms with Gasteiger partial charge in [0.2, 0.25) is 5.91 Å². The number of likely N-dealkylation sites (tertiary alicyclic amines) is 1. The SMILES string of the molecule is CN(C)[C@H](C(=O)N1CCC(Cn2cccn2)CC1)c1ccc(F)cc1. The summed E-state index contributed by atoms with van der Waals surface area (Å²) in [5, 5.41) is 4.26. The van der Waals surface area contributed by atoms with Gasteiger partial charge in [0, 0.05) is 32.0 Å². The van der Waals surface area contributed by atoms with Gasteiger partial charge in [-0.25, -0.2) is 4.39 Å². The van der Waals surface area contributed by atoms with Crippen molar-refractivity contribution in [3.8, 4) is 0 Å².